The molecule has 84 valence electrons. The van der Waals surface area contributed by atoms with E-state index in [9.17, 15) is 0 Å². The van der Waals surface area contributed by atoms with Gasteiger partial charge in [-0.25, -0.2) is 0 Å². The number of nitrogens with zero attached hydrogens (tertiary/aromatic N) is 2. The lowest BCUT2D eigenvalue weighted by Crippen LogP contribution is -2.57. The first-order chi connectivity index (χ1) is 7.22. The lowest BCUT2D eigenvalue weighted by Gasteiger charge is -2.40. The minimum Gasteiger partial charge on any atom is -0.360 e. The molecule has 1 aromatic rings. The second kappa shape index (κ2) is 4.33. The van der Waals surface area contributed by atoms with Crippen molar-refractivity contribution in [1.82, 2.24) is 15.4 Å². The number of hydrogen-bond acceptors (Lipinski definition) is 4. The molecule has 4 heteroatoms. The van der Waals surface area contributed by atoms with Crippen LogP contribution >= 0.6 is 0 Å². The summed E-state index contributed by atoms with van der Waals surface area (Å²) in [5.74, 6) is 0.954. The fraction of sp³-hybridized carbons (Fsp3) is 0.727. The Kier molecular flexibility index (Phi) is 3.07. The van der Waals surface area contributed by atoms with Crippen LogP contribution in [0.3, 0.4) is 0 Å². The van der Waals surface area contributed by atoms with E-state index in [0.717, 1.165) is 38.4 Å². The molecular weight excluding hydrogens is 190 g/mol. The Morgan fingerprint density at radius 2 is 2.53 bits per heavy atom. The summed E-state index contributed by atoms with van der Waals surface area (Å²) < 4.78 is 5.13. The van der Waals surface area contributed by atoms with E-state index in [0.29, 0.717) is 0 Å². The third-order valence-electron chi connectivity index (χ3n) is 3.20. The van der Waals surface area contributed by atoms with Crippen molar-refractivity contribution in [3.63, 3.8) is 0 Å². The van der Waals surface area contributed by atoms with Gasteiger partial charge in [-0.1, -0.05) is 12.1 Å². The molecule has 0 amide bonds. The highest BCUT2D eigenvalue weighted by Crippen LogP contribution is 2.16. The third-order valence-corrected chi connectivity index (χ3v) is 3.20. The van der Waals surface area contributed by atoms with Gasteiger partial charge >= 0.3 is 0 Å². The van der Waals surface area contributed by atoms with Crippen molar-refractivity contribution < 1.29 is 4.52 Å². The van der Waals surface area contributed by atoms with Crippen LogP contribution in [0.4, 0.5) is 0 Å². The average molecular weight is 209 g/mol. The van der Waals surface area contributed by atoms with Crippen LogP contribution in [-0.4, -0.2) is 35.2 Å². The van der Waals surface area contributed by atoms with Crippen molar-refractivity contribution in [3.05, 3.63) is 18.0 Å². The fourth-order valence-corrected chi connectivity index (χ4v) is 2.06. The Morgan fingerprint density at radius 3 is 3.20 bits per heavy atom. The minimum absolute atomic E-state index is 0.248. The molecule has 1 unspecified atom stereocenters. The van der Waals surface area contributed by atoms with Gasteiger partial charge < -0.3 is 9.84 Å². The number of nitrogens with one attached hydrogen (secondary N) is 1. The number of aromatic nitrogens is 1. The number of rotatable bonds is 3. The molecule has 1 fully saturated rings. The molecule has 0 saturated carbocycles. The first kappa shape index (κ1) is 10.6. The maximum absolute atomic E-state index is 5.13. The van der Waals surface area contributed by atoms with Gasteiger partial charge in [0.1, 0.15) is 0 Å². The average Bonchev–Trinajstić information content (AvgIpc) is 2.71. The standard InChI is InChI=1S/C11H19N3O/c1-3-11(2)9-14(7-6-12-11)8-10-4-5-13-15-10/h4-5,12H,3,6-9H2,1-2H3. The van der Waals surface area contributed by atoms with E-state index in [2.05, 4.69) is 29.2 Å². The molecule has 4 nitrogen and oxygen atoms in total. The Bertz CT molecular complexity index is 299. The van der Waals surface area contributed by atoms with E-state index >= 15 is 0 Å². The van der Waals surface area contributed by atoms with E-state index in [1.807, 2.05) is 6.07 Å². The molecule has 0 bridgehead atoms. The highest BCUT2D eigenvalue weighted by molar-refractivity contribution is 4.96. The van der Waals surface area contributed by atoms with E-state index in [1.165, 1.54) is 0 Å². The van der Waals surface area contributed by atoms with Crippen molar-refractivity contribution in [2.45, 2.75) is 32.4 Å². The molecule has 1 aromatic heterocycles. The summed E-state index contributed by atoms with van der Waals surface area (Å²) in [6, 6.07) is 1.94. The molecule has 1 saturated heterocycles. The van der Waals surface area contributed by atoms with Crippen LogP contribution in [0.1, 0.15) is 26.0 Å². The van der Waals surface area contributed by atoms with Gasteiger partial charge in [-0.05, 0) is 13.3 Å². The molecule has 15 heavy (non-hydrogen) atoms. The van der Waals surface area contributed by atoms with Crippen LogP contribution in [0.15, 0.2) is 16.8 Å². The highest BCUT2D eigenvalue weighted by Gasteiger charge is 2.28. The summed E-state index contributed by atoms with van der Waals surface area (Å²) in [5, 5.41) is 7.29. The van der Waals surface area contributed by atoms with Gasteiger partial charge in [-0.2, -0.15) is 0 Å². The third kappa shape index (κ3) is 2.58. The van der Waals surface area contributed by atoms with Crippen LogP contribution < -0.4 is 5.32 Å². The van der Waals surface area contributed by atoms with Crippen molar-refractivity contribution in [2.75, 3.05) is 19.6 Å². The van der Waals surface area contributed by atoms with Gasteiger partial charge in [-0.15, -0.1) is 0 Å². The molecule has 2 heterocycles. The van der Waals surface area contributed by atoms with Crippen LogP contribution in [-0.2, 0) is 6.54 Å². The molecule has 1 atom stereocenters. The zero-order valence-corrected chi connectivity index (χ0v) is 9.49. The van der Waals surface area contributed by atoms with Crippen molar-refractivity contribution in [1.29, 1.82) is 0 Å². The summed E-state index contributed by atoms with van der Waals surface area (Å²) in [6.45, 7) is 8.58. The Balaban J connectivity index is 1.93. The van der Waals surface area contributed by atoms with E-state index in [-0.39, 0.29) is 5.54 Å². The van der Waals surface area contributed by atoms with Crippen molar-refractivity contribution in [3.8, 4) is 0 Å². The minimum atomic E-state index is 0.248. The molecular formula is C11H19N3O. The zero-order valence-electron chi connectivity index (χ0n) is 9.49. The topological polar surface area (TPSA) is 41.3 Å². The quantitative estimate of drug-likeness (QED) is 0.813. The predicted octanol–water partition coefficient (Wildman–Crippen LogP) is 1.25. The monoisotopic (exact) mass is 209 g/mol. The fourth-order valence-electron chi connectivity index (χ4n) is 2.06. The maximum atomic E-state index is 5.13. The van der Waals surface area contributed by atoms with Gasteiger partial charge in [-0.3, -0.25) is 4.90 Å². The molecule has 0 spiro atoms. The van der Waals surface area contributed by atoms with Crippen molar-refractivity contribution in [2.24, 2.45) is 0 Å². The lowest BCUT2D eigenvalue weighted by molar-refractivity contribution is 0.123. The van der Waals surface area contributed by atoms with Crippen LogP contribution in [0, 0.1) is 0 Å². The largest absolute Gasteiger partial charge is 0.360 e. The predicted molar refractivity (Wildman–Crippen MR) is 58.5 cm³/mol. The number of hydrogen-bond donors (Lipinski definition) is 1. The van der Waals surface area contributed by atoms with Crippen molar-refractivity contribution >= 4 is 0 Å². The van der Waals surface area contributed by atoms with Gasteiger partial charge in [0.05, 0.1) is 12.7 Å². The zero-order chi connectivity index (χ0) is 10.7. The van der Waals surface area contributed by atoms with Gasteiger partial charge in [0.15, 0.2) is 5.76 Å². The molecule has 0 radical (unpaired) electrons. The SMILES string of the molecule is CCC1(C)CN(Cc2ccno2)CCN1. The second-order valence-electron chi connectivity index (χ2n) is 4.53. The maximum Gasteiger partial charge on any atom is 0.150 e. The molecule has 0 aromatic carbocycles. The molecule has 0 aliphatic carbocycles. The smallest absolute Gasteiger partial charge is 0.150 e. The van der Waals surface area contributed by atoms with Gasteiger partial charge in [0.2, 0.25) is 0 Å². The van der Waals surface area contributed by atoms with Crippen LogP contribution in [0.2, 0.25) is 0 Å². The first-order valence-electron chi connectivity index (χ1n) is 5.59. The van der Waals surface area contributed by atoms with E-state index in [1.54, 1.807) is 6.20 Å². The Hall–Kier alpha value is -0.870. The summed E-state index contributed by atoms with van der Waals surface area (Å²) >= 11 is 0. The summed E-state index contributed by atoms with van der Waals surface area (Å²) in [6.07, 6.45) is 2.86. The Labute approximate surface area is 90.6 Å². The molecule has 1 aliphatic rings. The molecule has 2 rings (SSSR count). The van der Waals surface area contributed by atoms with E-state index in [4.69, 9.17) is 4.52 Å². The molecule has 1 N–H and O–H groups in total. The lowest BCUT2D eigenvalue weighted by atomic mass is 9.96. The Morgan fingerprint density at radius 1 is 1.67 bits per heavy atom. The normalized spacial score (nSPS) is 28.1. The van der Waals surface area contributed by atoms with Gasteiger partial charge in [0, 0.05) is 31.2 Å². The second-order valence-corrected chi connectivity index (χ2v) is 4.53. The summed E-state index contributed by atoms with van der Waals surface area (Å²) in [5.41, 5.74) is 0.248. The van der Waals surface area contributed by atoms with Crippen LogP contribution in [0.25, 0.3) is 0 Å². The first-order valence-corrected chi connectivity index (χ1v) is 5.59. The van der Waals surface area contributed by atoms with E-state index < -0.39 is 0 Å². The number of piperazine rings is 1. The highest BCUT2D eigenvalue weighted by atomic mass is 16.5. The summed E-state index contributed by atoms with van der Waals surface area (Å²) in [7, 11) is 0. The van der Waals surface area contributed by atoms with Crippen LogP contribution in [0.5, 0.6) is 0 Å². The summed E-state index contributed by atoms with van der Waals surface area (Å²) in [4.78, 5) is 2.42. The molecule has 1 aliphatic heterocycles. The van der Waals surface area contributed by atoms with Gasteiger partial charge in [0.25, 0.3) is 0 Å².